The molecule has 226 valence electrons. The summed E-state index contributed by atoms with van der Waals surface area (Å²) in [6.45, 7) is 4.24. The standard InChI is InChI=1S/C36H38N4O4/c1-36(2,37)21-33(42)39-31-20-17-27-7-3-6-10-32(27)40(35(31)44)23-25-11-15-26(16-12-25)29-8-4-5-9-30(29)34(43)38-22-24-13-18-28(41)19-14-24/h3-16,18-19,31,41H,17,20-23,37H2,1-2H3,(H,38,43)(H,39,42). The average molecular weight is 591 g/mol. The minimum Gasteiger partial charge on any atom is -0.508 e. The van der Waals surface area contributed by atoms with E-state index in [-0.39, 0.29) is 29.9 Å². The fraction of sp³-hybridized carbons (Fsp3) is 0.250. The van der Waals surface area contributed by atoms with Crippen molar-refractivity contribution in [3.8, 4) is 16.9 Å². The maximum Gasteiger partial charge on any atom is 0.252 e. The molecule has 5 N–H and O–H groups in total. The van der Waals surface area contributed by atoms with Gasteiger partial charge in [-0.15, -0.1) is 0 Å². The molecule has 4 aromatic carbocycles. The second kappa shape index (κ2) is 13.1. The molecule has 1 heterocycles. The molecule has 0 aromatic heterocycles. The van der Waals surface area contributed by atoms with Gasteiger partial charge in [0.25, 0.3) is 5.91 Å². The Bertz CT molecular complexity index is 1640. The Kier molecular flexibility index (Phi) is 9.11. The van der Waals surface area contributed by atoms with Crippen molar-refractivity contribution in [2.45, 2.75) is 57.8 Å². The minimum atomic E-state index is -0.672. The van der Waals surface area contributed by atoms with Crippen LogP contribution in [-0.4, -0.2) is 34.4 Å². The first-order valence-electron chi connectivity index (χ1n) is 14.8. The van der Waals surface area contributed by atoms with E-state index in [1.807, 2.05) is 66.7 Å². The number of amides is 3. The van der Waals surface area contributed by atoms with E-state index in [0.29, 0.717) is 31.5 Å². The van der Waals surface area contributed by atoms with Crippen LogP contribution in [-0.2, 0) is 29.1 Å². The van der Waals surface area contributed by atoms with Gasteiger partial charge in [0.05, 0.1) is 6.54 Å². The molecule has 0 saturated carbocycles. The number of hydrogen-bond donors (Lipinski definition) is 4. The fourth-order valence-electron chi connectivity index (χ4n) is 5.47. The Morgan fingerprint density at radius 2 is 1.57 bits per heavy atom. The normalized spacial score (nSPS) is 14.8. The maximum atomic E-state index is 13.8. The molecule has 0 saturated heterocycles. The van der Waals surface area contributed by atoms with E-state index in [4.69, 9.17) is 5.73 Å². The summed E-state index contributed by atoms with van der Waals surface area (Å²) in [5.41, 5.74) is 11.3. The molecule has 0 bridgehead atoms. The van der Waals surface area contributed by atoms with Gasteiger partial charge < -0.3 is 26.4 Å². The summed E-state index contributed by atoms with van der Waals surface area (Å²) in [6, 6.07) is 29.2. The molecule has 1 unspecified atom stereocenters. The molecule has 3 amide bonds. The minimum absolute atomic E-state index is 0.126. The highest BCUT2D eigenvalue weighted by molar-refractivity contribution is 6.01. The van der Waals surface area contributed by atoms with Gasteiger partial charge in [-0.3, -0.25) is 14.4 Å². The second-order valence-corrected chi connectivity index (χ2v) is 12.0. The van der Waals surface area contributed by atoms with Gasteiger partial charge in [-0.1, -0.05) is 72.8 Å². The van der Waals surface area contributed by atoms with Gasteiger partial charge in [-0.05, 0) is 78.8 Å². The third-order valence-corrected chi connectivity index (χ3v) is 7.67. The number of aryl methyl sites for hydroxylation is 1. The predicted octanol–water partition coefficient (Wildman–Crippen LogP) is 5.08. The van der Waals surface area contributed by atoms with Crippen LogP contribution in [0.25, 0.3) is 11.1 Å². The van der Waals surface area contributed by atoms with Gasteiger partial charge in [0.1, 0.15) is 11.8 Å². The summed E-state index contributed by atoms with van der Waals surface area (Å²) in [5, 5.41) is 15.4. The van der Waals surface area contributed by atoms with E-state index in [1.54, 1.807) is 49.1 Å². The number of para-hydroxylation sites is 1. The van der Waals surface area contributed by atoms with Crippen LogP contribution in [0, 0.1) is 0 Å². The van der Waals surface area contributed by atoms with Crippen molar-refractivity contribution < 1.29 is 19.5 Å². The molecule has 0 radical (unpaired) electrons. The van der Waals surface area contributed by atoms with Crippen molar-refractivity contribution in [3.63, 3.8) is 0 Å². The summed E-state index contributed by atoms with van der Waals surface area (Å²) in [7, 11) is 0. The highest BCUT2D eigenvalue weighted by Crippen LogP contribution is 2.30. The second-order valence-electron chi connectivity index (χ2n) is 12.0. The number of nitrogens with two attached hydrogens (primary N) is 1. The third-order valence-electron chi connectivity index (χ3n) is 7.67. The Labute approximate surface area is 257 Å². The Balaban J connectivity index is 1.33. The van der Waals surface area contributed by atoms with Gasteiger partial charge in [-0.2, -0.15) is 0 Å². The third kappa shape index (κ3) is 7.51. The van der Waals surface area contributed by atoms with Gasteiger partial charge in [-0.25, -0.2) is 0 Å². The number of nitrogens with one attached hydrogen (secondary N) is 2. The molecule has 8 heteroatoms. The first-order valence-corrected chi connectivity index (χ1v) is 14.8. The zero-order chi connectivity index (χ0) is 31.3. The first kappa shape index (κ1) is 30.5. The molecule has 1 aliphatic rings. The zero-order valence-electron chi connectivity index (χ0n) is 25.0. The zero-order valence-corrected chi connectivity index (χ0v) is 25.0. The highest BCUT2D eigenvalue weighted by Gasteiger charge is 2.32. The van der Waals surface area contributed by atoms with Gasteiger partial charge in [0.2, 0.25) is 11.8 Å². The molecular weight excluding hydrogens is 552 g/mol. The number of rotatable bonds is 9. The smallest absolute Gasteiger partial charge is 0.252 e. The summed E-state index contributed by atoms with van der Waals surface area (Å²) < 4.78 is 0. The van der Waals surface area contributed by atoms with Crippen LogP contribution in [0.3, 0.4) is 0 Å². The largest absolute Gasteiger partial charge is 0.508 e. The van der Waals surface area contributed by atoms with Gasteiger partial charge in [0, 0.05) is 29.8 Å². The van der Waals surface area contributed by atoms with Crippen molar-refractivity contribution in [1.82, 2.24) is 10.6 Å². The number of carbonyl (C=O) groups excluding carboxylic acids is 3. The summed E-state index contributed by atoms with van der Waals surface area (Å²) in [6.07, 6.45) is 1.30. The SMILES string of the molecule is CC(C)(N)CC(=O)NC1CCc2ccccc2N(Cc2ccc(-c3ccccc3C(=O)NCc3ccc(O)cc3)cc2)C1=O. The van der Waals surface area contributed by atoms with Crippen LogP contribution in [0.5, 0.6) is 5.75 Å². The summed E-state index contributed by atoms with van der Waals surface area (Å²) >= 11 is 0. The number of phenols is 1. The highest BCUT2D eigenvalue weighted by atomic mass is 16.3. The molecule has 1 aliphatic heterocycles. The van der Waals surface area contributed by atoms with Crippen LogP contribution < -0.4 is 21.3 Å². The Morgan fingerprint density at radius 1 is 0.909 bits per heavy atom. The number of nitrogens with zero attached hydrogens (tertiary/aromatic N) is 1. The van der Waals surface area contributed by atoms with E-state index >= 15 is 0 Å². The maximum absolute atomic E-state index is 13.8. The van der Waals surface area contributed by atoms with Crippen molar-refractivity contribution in [1.29, 1.82) is 0 Å². The van der Waals surface area contributed by atoms with E-state index in [0.717, 1.165) is 33.5 Å². The van der Waals surface area contributed by atoms with Crippen LogP contribution in [0.2, 0.25) is 0 Å². The van der Waals surface area contributed by atoms with Crippen LogP contribution >= 0.6 is 0 Å². The van der Waals surface area contributed by atoms with E-state index < -0.39 is 11.6 Å². The van der Waals surface area contributed by atoms with E-state index in [1.165, 1.54) is 0 Å². The number of hydrogen-bond acceptors (Lipinski definition) is 5. The van der Waals surface area contributed by atoms with Gasteiger partial charge in [0.15, 0.2) is 0 Å². The number of carbonyl (C=O) groups is 3. The molecule has 5 rings (SSSR count). The topological polar surface area (TPSA) is 125 Å². The summed E-state index contributed by atoms with van der Waals surface area (Å²) in [5.74, 6) is -0.415. The lowest BCUT2D eigenvalue weighted by atomic mass is 9.98. The number of benzene rings is 4. The lowest BCUT2D eigenvalue weighted by molar-refractivity contribution is -0.128. The number of fused-ring (bicyclic) bond motifs is 1. The van der Waals surface area contributed by atoms with Crippen molar-refractivity contribution in [3.05, 3.63) is 119 Å². The molecule has 0 aliphatic carbocycles. The van der Waals surface area contributed by atoms with Gasteiger partial charge >= 0.3 is 0 Å². The quantitative estimate of drug-likeness (QED) is 0.216. The van der Waals surface area contributed by atoms with Crippen LogP contribution in [0.1, 0.15) is 53.7 Å². The fourth-order valence-corrected chi connectivity index (χ4v) is 5.47. The molecular formula is C36H38N4O4. The monoisotopic (exact) mass is 590 g/mol. The molecule has 44 heavy (non-hydrogen) atoms. The number of aromatic hydroxyl groups is 1. The number of phenolic OH excluding ortho intramolecular Hbond substituents is 1. The molecule has 0 fully saturated rings. The predicted molar refractivity (Wildman–Crippen MR) is 172 cm³/mol. The van der Waals surface area contributed by atoms with Crippen LogP contribution in [0.15, 0.2) is 97.1 Å². The Hall–Kier alpha value is -4.95. The molecule has 8 nitrogen and oxygen atoms in total. The lowest BCUT2D eigenvalue weighted by Gasteiger charge is -2.27. The first-order chi connectivity index (χ1) is 21.1. The summed E-state index contributed by atoms with van der Waals surface area (Å²) in [4.78, 5) is 41.4. The lowest BCUT2D eigenvalue weighted by Crippen LogP contribution is -2.49. The van der Waals surface area contributed by atoms with Crippen LogP contribution in [0.4, 0.5) is 5.69 Å². The molecule has 1 atom stereocenters. The van der Waals surface area contributed by atoms with E-state index in [9.17, 15) is 19.5 Å². The number of anilines is 1. The van der Waals surface area contributed by atoms with Crippen molar-refractivity contribution in [2.24, 2.45) is 5.73 Å². The molecule has 0 spiro atoms. The molecule has 4 aromatic rings. The average Bonchev–Trinajstić information content (AvgIpc) is 3.12. The van der Waals surface area contributed by atoms with Crippen molar-refractivity contribution >= 4 is 23.4 Å². The van der Waals surface area contributed by atoms with E-state index in [2.05, 4.69) is 10.6 Å². The van der Waals surface area contributed by atoms with Crippen molar-refractivity contribution in [2.75, 3.05) is 4.90 Å². The Morgan fingerprint density at radius 3 is 2.30 bits per heavy atom.